The maximum atomic E-state index is 12.0. The molecule has 0 amide bonds. The molecule has 0 unspecified atom stereocenters. The largest absolute Gasteiger partial charge is 0.473 e. The van der Waals surface area contributed by atoms with Gasteiger partial charge >= 0.3 is 0 Å². The molecule has 6 nitrogen and oxygen atoms in total. The van der Waals surface area contributed by atoms with E-state index in [0.29, 0.717) is 13.2 Å². The van der Waals surface area contributed by atoms with Gasteiger partial charge in [0.1, 0.15) is 6.61 Å². The molecule has 1 N–H and O–H groups in total. The van der Waals surface area contributed by atoms with Crippen molar-refractivity contribution in [2.75, 3.05) is 20.3 Å². The molecular weight excluding hydrogens is 304 g/mol. The van der Waals surface area contributed by atoms with E-state index in [2.05, 4.69) is 9.71 Å². The van der Waals surface area contributed by atoms with Gasteiger partial charge in [-0.15, -0.1) is 0 Å². The number of benzene rings is 1. The minimum Gasteiger partial charge on any atom is -0.473 e. The molecule has 7 heteroatoms. The number of hydrogen-bond donors (Lipinski definition) is 1. The molecule has 22 heavy (non-hydrogen) atoms. The fourth-order valence-electron chi connectivity index (χ4n) is 1.71. The smallest absolute Gasteiger partial charge is 0.258 e. The standard InChI is InChI=1S/C15H18N2O4S/c1-20-11-10-16-22(18,19)15-9-5-8-14(17-15)21-12-13-6-3-2-4-7-13/h2-9,16H,10-12H2,1H3. The SMILES string of the molecule is COCCNS(=O)(=O)c1cccc(OCc2ccccc2)n1. The Morgan fingerprint density at radius 3 is 2.59 bits per heavy atom. The summed E-state index contributed by atoms with van der Waals surface area (Å²) >= 11 is 0. The molecule has 1 aromatic carbocycles. The lowest BCUT2D eigenvalue weighted by atomic mass is 10.2. The van der Waals surface area contributed by atoms with Crippen LogP contribution in [0, 0.1) is 0 Å². The lowest BCUT2D eigenvalue weighted by Crippen LogP contribution is -2.27. The molecule has 0 saturated heterocycles. The van der Waals surface area contributed by atoms with Crippen LogP contribution in [0.3, 0.4) is 0 Å². The second kappa shape index (κ2) is 7.88. The van der Waals surface area contributed by atoms with Crippen LogP contribution < -0.4 is 9.46 Å². The molecule has 0 aliphatic rings. The van der Waals surface area contributed by atoms with Gasteiger partial charge < -0.3 is 9.47 Å². The van der Waals surface area contributed by atoms with Crippen LogP contribution in [0.5, 0.6) is 5.88 Å². The number of nitrogens with one attached hydrogen (secondary N) is 1. The topological polar surface area (TPSA) is 77.5 Å². The maximum absolute atomic E-state index is 12.0. The Morgan fingerprint density at radius 1 is 1.09 bits per heavy atom. The Kier molecular flexibility index (Phi) is 5.88. The molecule has 0 spiro atoms. The fraction of sp³-hybridized carbons (Fsp3) is 0.267. The third kappa shape index (κ3) is 4.80. The number of nitrogens with zero attached hydrogens (tertiary/aromatic N) is 1. The first kappa shape index (κ1) is 16.4. The summed E-state index contributed by atoms with van der Waals surface area (Å²) in [5, 5.41) is -0.0748. The molecule has 0 radical (unpaired) electrons. The molecule has 1 heterocycles. The number of rotatable bonds is 8. The van der Waals surface area contributed by atoms with Crippen molar-refractivity contribution in [1.82, 2.24) is 9.71 Å². The van der Waals surface area contributed by atoms with Crippen LogP contribution in [0.15, 0.2) is 53.6 Å². The van der Waals surface area contributed by atoms with E-state index in [0.717, 1.165) is 5.56 Å². The first-order valence-electron chi connectivity index (χ1n) is 6.74. The second-order valence-corrected chi connectivity index (χ2v) is 6.19. The zero-order valence-electron chi connectivity index (χ0n) is 12.2. The zero-order chi connectivity index (χ0) is 15.8. The normalized spacial score (nSPS) is 11.3. The maximum Gasteiger partial charge on any atom is 0.258 e. The van der Waals surface area contributed by atoms with Crippen LogP contribution in [0.1, 0.15) is 5.56 Å². The molecule has 0 aliphatic carbocycles. The van der Waals surface area contributed by atoms with Crippen LogP contribution in [0.25, 0.3) is 0 Å². The van der Waals surface area contributed by atoms with Crippen molar-refractivity contribution in [3.05, 3.63) is 54.1 Å². The van der Waals surface area contributed by atoms with Gasteiger partial charge in [-0.2, -0.15) is 0 Å². The van der Waals surface area contributed by atoms with Gasteiger partial charge in [0.15, 0.2) is 5.03 Å². The fourth-order valence-corrected chi connectivity index (χ4v) is 2.68. The van der Waals surface area contributed by atoms with Crippen molar-refractivity contribution in [3.8, 4) is 5.88 Å². The van der Waals surface area contributed by atoms with E-state index in [1.165, 1.54) is 13.2 Å². The Bertz CT molecular complexity index is 690. The van der Waals surface area contributed by atoms with Gasteiger partial charge in [-0.25, -0.2) is 18.1 Å². The third-order valence-electron chi connectivity index (χ3n) is 2.80. The van der Waals surface area contributed by atoms with Gasteiger partial charge in [0, 0.05) is 19.7 Å². The minimum absolute atomic E-state index is 0.0748. The van der Waals surface area contributed by atoms with Crippen molar-refractivity contribution in [2.24, 2.45) is 0 Å². The lowest BCUT2D eigenvalue weighted by Gasteiger charge is -2.08. The summed E-state index contributed by atoms with van der Waals surface area (Å²) in [6, 6.07) is 14.2. The predicted molar refractivity (Wildman–Crippen MR) is 82.1 cm³/mol. The van der Waals surface area contributed by atoms with E-state index in [9.17, 15) is 8.42 Å². The number of pyridine rings is 1. The van der Waals surface area contributed by atoms with Gasteiger partial charge in [0.2, 0.25) is 5.88 Å². The molecule has 0 aliphatic heterocycles. The molecule has 0 fully saturated rings. The van der Waals surface area contributed by atoms with Gasteiger partial charge in [0.25, 0.3) is 10.0 Å². The number of aromatic nitrogens is 1. The Morgan fingerprint density at radius 2 is 1.86 bits per heavy atom. The second-order valence-electron chi connectivity index (χ2n) is 4.48. The number of methoxy groups -OCH3 is 1. The van der Waals surface area contributed by atoms with Crippen LogP contribution in [0.4, 0.5) is 0 Å². The summed E-state index contributed by atoms with van der Waals surface area (Å²) in [6.07, 6.45) is 0. The summed E-state index contributed by atoms with van der Waals surface area (Å²) in [5.74, 6) is 0.262. The van der Waals surface area contributed by atoms with Crippen molar-refractivity contribution in [2.45, 2.75) is 11.6 Å². The van der Waals surface area contributed by atoms with Gasteiger partial charge in [-0.05, 0) is 11.6 Å². The number of sulfonamides is 1. The highest BCUT2D eigenvalue weighted by molar-refractivity contribution is 7.89. The number of hydrogen-bond acceptors (Lipinski definition) is 5. The molecule has 0 bridgehead atoms. The van der Waals surface area contributed by atoms with Crippen molar-refractivity contribution < 1.29 is 17.9 Å². The van der Waals surface area contributed by atoms with Crippen LogP contribution in [-0.4, -0.2) is 33.7 Å². The van der Waals surface area contributed by atoms with Crippen molar-refractivity contribution in [3.63, 3.8) is 0 Å². The van der Waals surface area contributed by atoms with E-state index < -0.39 is 10.0 Å². The Balaban J connectivity index is 2.03. The summed E-state index contributed by atoms with van der Waals surface area (Å²) in [4.78, 5) is 4.02. The highest BCUT2D eigenvalue weighted by atomic mass is 32.2. The first-order valence-corrected chi connectivity index (χ1v) is 8.22. The van der Waals surface area contributed by atoms with E-state index in [1.54, 1.807) is 12.1 Å². The lowest BCUT2D eigenvalue weighted by molar-refractivity contribution is 0.204. The molecule has 0 saturated carbocycles. The molecule has 1 aromatic heterocycles. The average molecular weight is 322 g/mol. The van der Waals surface area contributed by atoms with Crippen molar-refractivity contribution >= 4 is 10.0 Å². The Hall–Kier alpha value is -1.96. The minimum atomic E-state index is -3.66. The zero-order valence-corrected chi connectivity index (χ0v) is 13.0. The molecular formula is C15H18N2O4S. The number of ether oxygens (including phenoxy) is 2. The highest BCUT2D eigenvalue weighted by Gasteiger charge is 2.15. The molecule has 118 valence electrons. The summed E-state index contributed by atoms with van der Waals surface area (Å²) in [6.45, 7) is 0.813. The summed E-state index contributed by atoms with van der Waals surface area (Å²) < 4.78 is 36.8. The third-order valence-corrected chi connectivity index (χ3v) is 4.16. The van der Waals surface area contributed by atoms with Crippen LogP contribution >= 0.6 is 0 Å². The summed E-state index contributed by atoms with van der Waals surface area (Å²) in [5.41, 5.74) is 0.982. The van der Waals surface area contributed by atoms with E-state index in [4.69, 9.17) is 9.47 Å². The monoisotopic (exact) mass is 322 g/mol. The first-order chi connectivity index (χ1) is 10.6. The quantitative estimate of drug-likeness (QED) is 0.747. The van der Waals surface area contributed by atoms with Gasteiger partial charge in [0.05, 0.1) is 6.61 Å². The Labute approximate surface area is 130 Å². The molecule has 0 atom stereocenters. The van der Waals surface area contributed by atoms with E-state index in [-0.39, 0.29) is 17.5 Å². The summed E-state index contributed by atoms with van der Waals surface area (Å²) in [7, 11) is -2.15. The highest BCUT2D eigenvalue weighted by Crippen LogP contribution is 2.13. The van der Waals surface area contributed by atoms with Crippen LogP contribution in [-0.2, 0) is 21.4 Å². The molecule has 2 rings (SSSR count). The van der Waals surface area contributed by atoms with E-state index >= 15 is 0 Å². The predicted octanol–water partition coefficient (Wildman–Crippen LogP) is 1.59. The van der Waals surface area contributed by atoms with Gasteiger partial charge in [-0.1, -0.05) is 36.4 Å². The van der Waals surface area contributed by atoms with Gasteiger partial charge in [-0.3, -0.25) is 0 Å². The molecule has 2 aromatic rings. The van der Waals surface area contributed by atoms with E-state index in [1.807, 2.05) is 30.3 Å². The average Bonchev–Trinajstić information content (AvgIpc) is 2.54. The van der Waals surface area contributed by atoms with Crippen molar-refractivity contribution in [1.29, 1.82) is 0 Å². The van der Waals surface area contributed by atoms with Crippen LogP contribution in [0.2, 0.25) is 0 Å².